The van der Waals surface area contributed by atoms with Gasteiger partial charge in [0, 0.05) is 29.1 Å². The Bertz CT molecular complexity index is 615. The highest BCUT2D eigenvalue weighted by molar-refractivity contribution is 7.16. The second kappa shape index (κ2) is 6.35. The Balaban J connectivity index is 2.09. The van der Waals surface area contributed by atoms with Crippen molar-refractivity contribution in [3.63, 3.8) is 0 Å². The maximum Gasteiger partial charge on any atom is 0.269 e. The van der Waals surface area contributed by atoms with E-state index < -0.39 is 0 Å². The molecule has 0 radical (unpaired) electrons. The number of nitro groups is 1. The van der Waals surface area contributed by atoms with Gasteiger partial charge in [0.2, 0.25) is 0 Å². The van der Waals surface area contributed by atoms with Crippen LogP contribution in [-0.4, -0.2) is 4.92 Å². The van der Waals surface area contributed by atoms with Crippen molar-refractivity contribution in [3.05, 3.63) is 61.3 Å². The van der Waals surface area contributed by atoms with E-state index in [1.54, 1.807) is 12.1 Å². The van der Waals surface area contributed by atoms with Crippen LogP contribution in [0.1, 0.15) is 36.4 Å². The summed E-state index contributed by atoms with van der Waals surface area (Å²) in [7, 11) is 0. The molecule has 0 saturated heterocycles. The van der Waals surface area contributed by atoms with E-state index in [0.29, 0.717) is 0 Å². The molecule has 1 aromatic carbocycles. The Morgan fingerprint density at radius 2 is 2.00 bits per heavy atom. The highest BCUT2D eigenvalue weighted by Gasteiger charge is 2.15. The third-order valence-corrected chi connectivity index (χ3v) is 4.52. The number of nitrogens with zero attached hydrogens (tertiary/aromatic N) is 1. The molecule has 2 rings (SSSR count). The van der Waals surface area contributed by atoms with Gasteiger partial charge in [-0.2, -0.15) is 0 Å². The summed E-state index contributed by atoms with van der Waals surface area (Å²) < 4.78 is 0.761. The standard InChI is InChI=1S/C14H15ClN2O2S/c1-9(11-4-3-5-12(8-11)17(18)19)16-10(2)13-6-7-14(15)20-13/h3-10,16H,1-2H3. The number of thiophene rings is 1. The highest BCUT2D eigenvalue weighted by atomic mass is 35.5. The minimum Gasteiger partial charge on any atom is -0.303 e. The molecule has 2 unspecified atom stereocenters. The van der Waals surface area contributed by atoms with Crippen molar-refractivity contribution in [2.24, 2.45) is 0 Å². The van der Waals surface area contributed by atoms with E-state index >= 15 is 0 Å². The van der Waals surface area contributed by atoms with Crippen LogP contribution in [0.25, 0.3) is 0 Å². The van der Waals surface area contributed by atoms with E-state index in [0.717, 1.165) is 14.8 Å². The monoisotopic (exact) mass is 310 g/mol. The quantitative estimate of drug-likeness (QED) is 0.642. The van der Waals surface area contributed by atoms with Crippen LogP contribution >= 0.6 is 22.9 Å². The molecule has 1 N–H and O–H groups in total. The molecule has 6 heteroatoms. The van der Waals surface area contributed by atoms with Crippen LogP contribution in [0, 0.1) is 10.1 Å². The molecule has 0 aliphatic heterocycles. The number of non-ortho nitro benzene ring substituents is 1. The molecule has 0 amide bonds. The summed E-state index contributed by atoms with van der Waals surface area (Å²) in [5.41, 5.74) is 1.01. The molecule has 1 aromatic heterocycles. The molecule has 1 heterocycles. The first-order valence-electron chi connectivity index (χ1n) is 6.23. The topological polar surface area (TPSA) is 55.2 Å². The minimum absolute atomic E-state index is 0.0192. The third kappa shape index (κ3) is 3.56. The second-order valence-electron chi connectivity index (χ2n) is 4.60. The fraction of sp³-hybridized carbons (Fsp3) is 0.286. The summed E-state index contributed by atoms with van der Waals surface area (Å²) in [4.78, 5) is 11.6. The van der Waals surface area contributed by atoms with Gasteiger partial charge in [0.15, 0.2) is 0 Å². The lowest BCUT2D eigenvalue weighted by Crippen LogP contribution is -2.21. The Morgan fingerprint density at radius 1 is 1.25 bits per heavy atom. The lowest BCUT2D eigenvalue weighted by Gasteiger charge is -2.19. The van der Waals surface area contributed by atoms with Gasteiger partial charge in [0.05, 0.1) is 9.26 Å². The average Bonchev–Trinajstić information content (AvgIpc) is 2.85. The number of halogens is 1. The van der Waals surface area contributed by atoms with Crippen molar-refractivity contribution >= 4 is 28.6 Å². The van der Waals surface area contributed by atoms with Gasteiger partial charge in [-0.3, -0.25) is 10.1 Å². The first-order valence-corrected chi connectivity index (χ1v) is 7.42. The minimum atomic E-state index is -0.376. The normalized spacial score (nSPS) is 13.9. The van der Waals surface area contributed by atoms with E-state index in [1.165, 1.54) is 17.4 Å². The van der Waals surface area contributed by atoms with Gasteiger partial charge in [0.25, 0.3) is 5.69 Å². The van der Waals surface area contributed by atoms with E-state index in [2.05, 4.69) is 12.2 Å². The predicted molar refractivity (Wildman–Crippen MR) is 82.4 cm³/mol. The van der Waals surface area contributed by atoms with Gasteiger partial charge in [-0.1, -0.05) is 23.7 Å². The van der Waals surface area contributed by atoms with E-state index in [1.807, 2.05) is 25.1 Å². The first-order chi connectivity index (χ1) is 9.47. The lowest BCUT2D eigenvalue weighted by atomic mass is 10.1. The van der Waals surface area contributed by atoms with Crippen molar-refractivity contribution in [2.75, 3.05) is 0 Å². The maximum atomic E-state index is 10.8. The summed E-state index contributed by atoms with van der Waals surface area (Å²) in [5.74, 6) is 0. The van der Waals surface area contributed by atoms with Crippen molar-refractivity contribution in [3.8, 4) is 0 Å². The fourth-order valence-corrected chi connectivity index (χ4v) is 3.09. The molecule has 0 aliphatic rings. The van der Waals surface area contributed by atoms with Crippen molar-refractivity contribution in [1.29, 1.82) is 0 Å². The molecule has 4 nitrogen and oxygen atoms in total. The van der Waals surface area contributed by atoms with Crippen LogP contribution in [0.5, 0.6) is 0 Å². The Labute approximate surface area is 126 Å². The molecule has 0 fully saturated rings. The van der Waals surface area contributed by atoms with E-state index in [4.69, 9.17) is 11.6 Å². The predicted octanol–water partition coefficient (Wildman–Crippen LogP) is 4.72. The van der Waals surface area contributed by atoms with Crippen LogP contribution in [-0.2, 0) is 0 Å². The Hall–Kier alpha value is -1.43. The Kier molecular flexibility index (Phi) is 4.75. The summed E-state index contributed by atoms with van der Waals surface area (Å²) in [6, 6.07) is 10.7. The molecule has 0 spiro atoms. The summed E-state index contributed by atoms with van der Waals surface area (Å²) in [6.07, 6.45) is 0. The zero-order valence-corrected chi connectivity index (χ0v) is 12.7. The van der Waals surface area contributed by atoms with Crippen LogP contribution in [0.4, 0.5) is 5.69 Å². The number of benzene rings is 1. The zero-order valence-electron chi connectivity index (χ0n) is 11.2. The SMILES string of the molecule is CC(NC(C)c1ccc(Cl)s1)c1cccc([N+](=O)[O-])c1. The largest absolute Gasteiger partial charge is 0.303 e. The summed E-state index contributed by atoms with van der Waals surface area (Å²) in [5, 5.41) is 14.2. The molecule has 2 aromatic rings. The van der Waals surface area contributed by atoms with Crippen LogP contribution in [0.2, 0.25) is 4.34 Å². The molecule has 20 heavy (non-hydrogen) atoms. The van der Waals surface area contributed by atoms with Gasteiger partial charge >= 0.3 is 0 Å². The maximum absolute atomic E-state index is 10.8. The number of hydrogen-bond donors (Lipinski definition) is 1. The van der Waals surface area contributed by atoms with Crippen molar-refractivity contribution < 1.29 is 4.92 Å². The highest BCUT2D eigenvalue weighted by Crippen LogP contribution is 2.29. The van der Waals surface area contributed by atoms with Gasteiger partial charge in [-0.15, -0.1) is 11.3 Å². The average molecular weight is 311 g/mol. The molecular weight excluding hydrogens is 296 g/mol. The molecule has 0 aliphatic carbocycles. The molecule has 106 valence electrons. The molecule has 0 bridgehead atoms. The third-order valence-electron chi connectivity index (χ3n) is 3.10. The number of hydrogen-bond acceptors (Lipinski definition) is 4. The van der Waals surface area contributed by atoms with E-state index in [9.17, 15) is 10.1 Å². The summed E-state index contributed by atoms with van der Waals surface area (Å²) >= 11 is 7.47. The van der Waals surface area contributed by atoms with Crippen molar-refractivity contribution in [2.45, 2.75) is 25.9 Å². The van der Waals surface area contributed by atoms with E-state index in [-0.39, 0.29) is 22.7 Å². The number of nitro benzene ring substituents is 1. The zero-order chi connectivity index (χ0) is 14.7. The number of rotatable bonds is 5. The van der Waals surface area contributed by atoms with Gasteiger partial charge < -0.3 is 5.32 Å². The molecular formula is C14H15ClN2O2S. The van der Waals surface area contributed by atoms with Gasteiger partial charge in [0.1, 0.15) is 0 Å². The molecule has 2 atom stereocenters. The van der Waals surface area contributed by atoms with Crippen LogP contribution < -0.4 is 5.32 Å². The van der Waals surface area contributed by atoms with Crippen molar-refractivity contribution in [1.82, 2.24) is 5.32 Å². The Morgan fingerprint density at radius 3 is 2.60 bits per heavy atom. The lowest BCUT2D eigenvalue weighted by molar-refractivity contribution is -0.384. The molecule has 0 saturated carbocycles. The second-order valence-corrected chi connectivity index (χ2v) is 6.35. The van der Waals surface area contributed by atoms with Gasteiger partial charge in [-0.05, 0) is 31.5 Å². The summed E-state index contributed by atoms with van der Waals surface area (Å²) in [6.45, 7) is 4.04. The number of nitrogens with one attached hydrogen (secondary N) is 1. The fourth-order valence-electron chi connectivity index (χ4n) is 2.02. The van der Waals surface area contributed by atoms with Crippen LogP contribution in [0.15, 0.2) is 36.4 Å². The van der Waals surface area contributed by atoms with Gasteiger partial charge in [-0.25, -0.2) is 0 Å². The smallest absolute Gasteiger partial charge is 0.269 e. The first kappa shape index (κ1) is 15.0. The van der Waals surface area contributed by atoms with Crippen LogP contribution in [0.3, 0.4) is 0 Å².